The molecular formula is C18H28N2O3. The van der Waals surface area contributed by atoms with Crippen LogP contribution in [0.4, 0.5) is 0 Å². The smallest absolute Gasteiger partial charge is 0.248 e. The van der Waals surface area contributed by atoms with Crippen LogP contribution in [0.15, 0.2) is 30.3 Å². The summed E-state index contributed by atoms with van der Waals surface area (Å²) < 4.78 is 11.3. The summed E-state index contributed by atoms with van der Waals surface area (Å²) in [4.78, 5) is 14.4. The third kappa shape index (κ3) is 6.29. The van der Waals surface area contributed by atoms with E-state index in [1.165, 1.54) is 0 Å². The minimum absolute atomic E-state index is 0.0599. The standard InChI is InChI=1S/C18H28N2O3/c1-14-11-20(12-15(2)23-14)10-9-19-18(21)16(3)22-13-17-7-5-4-6-8-17/h4-8,14-16H,9-13H2,1-3H3,(H,19,21)/t14-,15+,16-/m1/s1. The Kier molecular flexibility index (Phi) is 7.02. The van der Waals surface area contributed by atoms with Gasteiger partial charge in [0.15, 0.2) is 0 Å². The molecule has 1 N–H and O–H groups in total. The zero-order valence-electron chi connectivity index (χ0n) is 14.3. The maximum Gasteiger partial charge on any atom is 0.248 e. The maximum atomic E-state index is 12.1. The SMILES string of the molecule is C[C@@H]1CN(CCNC(=O)[C@@H](C)OCc2ccccc2)C[C@H](C)O1. The van der Waals surface area contributed by atoms with Gasteiger partial charge in [-0.05, 0) is 26.3 Å². The Morgan fingerprint density at radius 2 is 1.96 bits per heavy atom. The molecular weight excluding hydrogens is 292 g/mol. The molecule has 0 aliphatic carbocycles. The first kappa shape index (κ1) is 17.9. The van der Waals surface area contributed by atoms with Gasteiger partial charge in [0.25, 0.3) is 0 Å². The molecule has 1 fully saturated rings. The first-order valence-corrected chi connectivity index (χ1v) is 8.35. The molecule has 1 heterocycles. The maximum absolute atomic E-state index is 12.1. The highest BCUT2D eigenvalue weighted by molar-refractivity contribution is 5.80. The number of nitrogens with zero attached hydrogens (tertiary/aromatic N) is 1. The minimum Gasteiger partial charge on any atom is -0.373 e. The summed E-state index contributed by atoms with van der Waals surface area (Å²) in [5.41, 5.74) is 1.07. The van der Waals surface area contributed by atoms with Crippen molar-refractivity contribution in [2.45, 2.75) is 45.7 Å². The Hall–Kier alpha value is -1.43. The molecule has 0 aromatic heterocycles. The predicted molar refractivity (Wildman–Crippen MR) is 90.2 cm³/mol. The fourth-order valence-electron chi connectivity index (χ4n) is 2.82. The van der Waals surface area contributed by atoms with Crippen LogP contribution in [-0.4, -0.2) is 55.3 Å². The van der Waals surface area contributed by atoms with Crippen LogP contribution in [0.5, 0.6) is 0 Å². The molecule has 2 rings (SSSR count). The van der Waals surface area contributed by atoms with Crippen molar-refractivity contribution in [1.29, 1.82) is 0 Å². The van der Waals surface area contributed by atoms with E-state index in [0.717, 1.165) is 25.2 Å². The van der Waals surface area contributed by atoms with Crippen LogP contribution in [0.2, 0.25) is 0 Å². The number of nitrogens with one attached hydrogen (secondary N) is 1. The van der Waals surface area contributed by atoms with Crippen LogP contribution < -0.4 is 5.32 Å². The van der Waals surface area contributed by atoms with Gasteiger partial charge >= 0.3 is 0 Å². The molecule has 23 heavy (non-hydrogen) atoms. The average molecular weight is 320 g/mol. The molecule has 1 saturated heterocycles. The third-order valence-corrected chi connectivity index (χ3v) is 3.93. The van der Waals surface area contributed by atoms with E-state index in [4.69, 9.17) is 9.47 Å². The van der Waals surface area contributed by atoms with Crippen LogP contribution in [0, 0.1) is 0 Å². The molecule has 0 radical (unpaired) electrons. The molecule has 0 saturated carbocycles. The third-order valence-electron chi connectivity index (χ3n) is 3.93. The van der Waals surface area contributed by atoms with Crippen LogP contribution in [0.3, 0.4) is 0 Å². The number of hydrogen-bond donors (Lipinski definition) is 1. The van der Waals surface area contributed by atoms with Gasteiger partial charge in [-0.2, -0.15) is 0 Å². The zero-order valence-corrected chi connectivity index (χ0v) is 14.3. The normalized spacial score (nSPS) is 23.4. The van der Waals surface area contributed by atoms with Gasteiger partial charge in [0, 0.05) is 26.2 Å². The monoisotopic (exact) mass is 320 g/mol. The lowest BCUT2D eigenvalue weighted by Gasteiger charge is -2.35. The highest BCUT2D eigenvalue weighted by atomic mass is 16.5. The molecule has 5 heteroatoms. The van der Waals surface area contributed by atoms with E-state index >= 15 is 0 Å². The van der Waals surface area contributed by atoms with Gasteiger partial charge in [-0.15, -0.1) is 0 Å². The Balaban J connectivity index is 1.64. The number of benzene rings is 1. The number of morpholine rings is 1. The van der Waals surface area contributed by atoms with Gasteiger partial charge in [0.05, 0.1) is 18.8 Å². The Morgan fingerprint density at radius 1 is 1.30 bits per heavy atom. The Bertz CT molecular complexity index is 470. The summed E-state index contributed by atoms with van der Waals surface area (Å²) in [6.07, 6.45) is 0.0582. The fourth-order valence-corrected chi connectivity index (χ4v) is 2.82. The molecule has 1 aromatic rings. The summed E-state index contributed by atoms with van der Waals surface area (Å²) in [7, 11) is 0. The second-order valence-corrected chi connectivity index (χ2v) is 6.25. The number of rotatable bonds is 7. The van der Waals surface area contributed by atoms with E-state index in [1.54, 1.807) is 6.92 Å². The summed E-state index contributed by atoms with van der Waals surface area (Å²) in [5, 5.41) is 2.95. The highest BCUT2D eigenvalue weighted by Crippen LogP contribution is 2.09. The second-order valence-electron chi connectivity index (χ2n) is 6.25. The van der Waals surface area contributed by atoms with Crippen molar-refractivity contribution in [2.75, 3.05) is 26.2 Å². The number of carbonyl (C=O) groups excluding carboxylic acids is 1. The summed E-state index contributed by atoms with van der Waals surface area (Å²) in [6.45, 7) is 9.72. The van der Waals surface area contributed by atoms with Gasteiger partial charge in [-0.1, -0.05) is 30.3 Å². The lowest BCUT2D eigenvalue weighted by Crippen LogP contribution is -2.48. The number of hydrogen-bond acceptors (Lipinski definition) is 4. The van der Waals surface area contributed by atoms with Gasteiger partial charge in [-0.25, -0.2) is 0 Å². The van der Waals surface area contributed by atoms with E-state index < -0.39 is 6.10 Å². The first-order valence-electron chi connectivity index (χ1n) is 8.35. The van der Waals surface area contributed by atoms with Crippen molar-refractivity contribution in [3.8, 4) is 0 Å². The Morgan fingerprint density at radius 3 is 2.61 bits per heavy atom. The number of ether oxygens (including phenoxy) is 2. The lowest BCUT2D eigenvalue weighted by molar-refractivity contribution is -0.132. The molecule has 5 nitrogen and oxygen atoms in total. The van der Waals surface area contributed by atoms with Crippen molar-refractivity contribution < 1.29 is 14.3 Å². The van der Waals surface area contributed by atoms with Gasteiger partial charge in [0.1, 0.15) is 6.10 Å². The number of carbonyl (C=O) groups is 1. The molecule has 0 spiro atoms. The molecule has 1 aromatic carbocycles. The van der Waals surface area contributed by atoms with E-state index in [1.807, 2.05) is 30.3 Å². The van der Waals surface area contributed by atoms with Gasteiger partial charge in [-0.3, -0.25) is 9.69 Å². The molecule has 1 amide bonds. The fraction of sp³-hybridized carbons (Fsp3) is 0.611. The first-order chi connectivity index (χ1) is 11.0. The predicted octanol–water partition coefficient (Wildman–Crippen LogP) is 1.82. The molecule has 0 unspecified atom stereocenters. The molecule has 3 atom stereocenters. The number of amides is 1. The van der Waals surface area contributed by atoms with Gasteiger partial charge in [0.2, 0.25) is 5.91 Å². The summed E-state index contributed by atoms with van der Waals surface area (Å²) in [6, 6.07) is 9.88. The van der Waals surface area contributed by atoms with Crippen molar-refractivity contribution in [1.82, 2.24) is 10.2 Å². The zero-order chi connectivity index (χ0) is 16.7. The summed E-state index contributed by atoms with van der Waals surface area (Å²) in [5.74, 6) is -0.0599. The van der Waals surface area contributed by atoms with Crippen LogP contribution >= 0.6 is 0 Å². The van der Waals surface area contributed by atoms with Crippen molar-refractivity contribution >= 4 is 5.91 Å². The highest BCUT2D eigenvalue weighted by Gasteiger charge is 2.22. The summed E-state index contributed by atoms with van der Waals surface area (Å²) >= 11 is 0. The van der Waals surface area contributed by atoms with Crippen LogP contribution in [0.1, 0.15) is 26.3 Å². The van der Waals surface area contributed by atoms with E-state index in [9.17, 15) is 4.79 Å². The van der Waals surface area contributed by atoms with E-state index in [-0.39, 0.29) is 18.1 Å². The van der Waals surface area contributed by atoms with Crippen molar-refractivity contribution in [2.24, 2.45) is 0 Å². The Labute approximate surface area is 139 Å². The lowest BCUT2D eigenvalue weighted by atomic mass is 10.2. The minimum atomic E-state index is -0.447. The van der Waals surface area contributed by atoms with E-state index in [2.05, 4.69) is 24.1 Å². The van der Waals surface area contributed by atoms with Crippen molar-refractivity contribution in [3.05, 3.63) is 35.9 Å². The molecule has 1 aliphatic rings. The molecule has 128 valence electrons. The molecule has 0 bridgehead atoms. The quantitative estimate of drug-likeness (QED) is 0.832. The molecule has 1 aliphatic heterocycles. The van der Waals surface area contributed by atoms with Crippen LogP contribution in [0.25, 0.3) is 0 Å². The largest absolute Gasteiger partial charge is 0.373 e. The van der Waals surface area contributed by atoms with Crippen molar-refractivity contribution in [3.63, 3.8) is 0 Å². The average Bonchev–Trinajstić information content (AvgIpc) is 2.52. The van der Waals surface area contributed by atoms with Gasteiger partial charge < -0.3 is 14.8 Å². The topological polar surface area (TPSA) is 50.8 Å². The second kappa shape index (κ2) is 9.01. The van der Waals surface area contributed by atoms with E-state index in [0.29, 0.717) is 13.2 Å². The van der Waals surface area contributed by atoms with Crippen LogP contribution in [-0.2, 0) is 20.9 Å².